The van der Waals surface area contributed by atoms with Gasteiger partial charge in [0.25, 0.3) is 5.91 Å². The van der Waals surface area contributed by atoms with Crippen molar-refractivity contribution in [1.29, 1.82) is 0 Å². The van der Waals surface area contributed by atoms with Gasteiger partial charge in [-0.3, -0.25) is 9.69 Å². The summed E-state index contributed by atoms with van der Waals surface area (Å²) in [7, 11) is 1.62. The van der Waals surface area contributed by atoms with Crippen molar-refractivity contribution >= 4 is 22.8 Å². The Kier molecular flexibility index (Phi) is 6.90. The van der Waals surface area contributed by atoms with Gasteiger partial charge in [-0.2, -0.15) is 9.97 Å². The van der Waals surface area contributed by atoms with Crippen LogP contribution in [0.15, 0.2) is 30.3 Å². The number of unbranched alkanes of at least 4 members (excludes halogenated alkanes) is 1. The van der Waals surface area contributed by atoms with Gasteiger partial charge >= 0.3 is 6.01 Å². The molecule has 2 aromatic heterocycles. The highest BCUT2D eigenvalue weighted by atomic mass is 16.5. The largest absolute Gasteiger partial charge is 0.463 e. The van der Waals surface area contributed by atoms with Crippen LogP contribution in [0.4, 0.5) is 5.82 Å². The lowest BCUT2D eigenvalue weighted by Crippen LogP contribution is -2.22. The second-order valence-corrected chi connectivity index (χ2v) is 8.33. The maximum Gasteiger partial charge on any atom is 0.320 e. The highest BCUT2D eigenvalue weighted by Crippen LogP contribution is 2.26. The Balaban J connectivity index is 1.63. The molecule has 1 aromatic carbocycles. The first-order valence-corrected chi connectivity index (χ1v) is 11.4. The molecule has 0 atom stereocenters. The molecule has 170 valence electrons. The second kappa shape index (κ2) is 9.99. The number of aromatic nitrogens is 3. The Labute approximate surface area is 188 Å². The summed E-state index contributed by atoms with van der Waals surface area (Å²) in [5.74, 6) is 0.118. The first-order chi connectivity index (χ1) is 15.6. The van der Waals surface area contributed by atoms with Crippen molar-refractivity contribution in [2.45, 2.75) is 45.7 Å². The summed E-state index contributed by atoms with van der Waals surface area (Å²) < 4.78 is 7.58. The first-order valence-electron chi connectivity index (χ1n) is 11.4. The van der Waals surface area contributed by atoms with E-state index in [9.17, 15) is 4.79 Å². The van der Waals surface area contributed by atoms with Gasteiger partial charge in [-0.25, -0.2) is 0 Å². The van der Waals surface area contributed by atoms with Crippen LogP contribution in [-0.4, -0.2) is 52.1 Å². The summed E-state index contributed by atoms with van der Waals surface area (Å²) in [6.07, 6.45) is 4.50. The maximum atomic E-state index is 12.6. The first kappa shape index (κ1) is 22.1. The fourth-order valence-electron chi connectivity index (χ4n) is 4.11. The Morgan fingerprint density at radius 3 is 2.47 bits per heavy atom. The molecular weight excluding hydrogens is 404 g/mol. The molecular formula is C24H32N6O2. The van der Waals surface area contributed by atoms with Gasteiger partial charge in [0, 0.05) is 20.1 Å². The van der Waals surface area contributed by atoms with E-state index in [0.717, 1.165) is 24.9 Å². The number of fused-ring (bicyclic) bond motifs is 1. The van der Waals surface area contributed by atoms with Gasteiger partial charge in [-0.15, -0.1) is 0 Å². The molecule has 8 nitrogen and oxygen atoms in total. The molecule has 0 bridgehead atoms. The number of carbonyl (C=O) groups excluding carboxylic acids is 1. The van der Waals surface area contributed by atoms with E-state index in [-0.39, 0.29) is 11.9 Å². The normalized spacial score (nSPS) is 14.2. The van der Waals surface area contributed by atoms with E-state index in [4.69, 9.17) is 10.5 Å². The number of ether oxygens (including phenoxy) is 1. The number of nitrogens with zero attached hydrogens (tertiary/aromatic N) is 4. The summed E-state index contributed by atoms with van der Waals surface area (Å²) in [6.45, 7) is 6.47. The maximum absolute atomic E-state index is 12.6. The van der Waals surface area contributed by atoms with Gasteiger partial charge in [0.15, 0.2) is 0 Å². The molecule has 1 aliphatic rings. The summed E-state index contributed by atoms with van der Waals surface area (Å²) >= 11 is 0. The zero-order valence-corrected chi connectivity index (χ0v) is 18.9. The minimum atomic E-state index is -0.193. The smallest absolute Gasteiger partial charge is 0.320 e. The molecule has 0 radical (unpaired) electrons. The molecule has 1 amide bonds. The molecule has 32 heavy (non-hydrogen) atoms. The van der Waals surface area contributed by atoms with Crippen LogP contribution in [0.2, 0.25) is 0 Å². The average molecular weight is 437 g/mol. The van der Waals surface area contributed by atoms with E-state index in [1.807, 2.05) is 4.57 Å². The number of nitrogens with two attached hydrogens (primary N) is 1. The van der Waals surface area contributed by atoms with Gasteiger partial charge in [-0.1, -0.05) is 37.6 Å². The van der Waals surface area contributed by atoms with Gasteiger partial charge in [0.2, 0.25) is 0 Å². The highest BCUT2D eigenvalue weighted by molar-refractivity contribution is 6.00. The van der Waals surface area contributed by atoms with Crippen molar-refractivity contribution in [3.63, 3.8) is 0 Å². The molecule has 0 saturated carbocycles. The third-order valence-corrected chi connectivity index (χ3v) is 5.92. The molecule has 0 unspecified atom stereocenters. The fraction of sp³-hybridized carbons (Fsp3) is 0.458. The molecule has 3 heterocycles. The Bertz CT molecular complexity index is 1070. The summed E-state index contributed by atoms with van der Waals surface area (Å²) in [4.78, 5) is 23.9. The minimum Gasteiger partial charge on any atom is -0.463 e. The van der Waals surface area contributed by atoms with Crippen LogP contribution in [0.5, 0.6) is 6.01 Å². The van der Waals surface area contributed by atoms with E-state index >= 15 is 0 Å². The quantitative estimate of drug-likeness (QED) is 0.500. The molecule has 0 aliphatic carbocycles. The summed E-state index contributed by atoms with van der Waals surface area (Å²) in [5.41, 5.74) is 9.68. The standard InChI is InChI=1S/C24H32N6O2/c1-3-4-13-32-24-27-21(25)19-14-20(23(31)26-2)30(22(19)28-24)16-18-9-7-17(8-10-18)15-29-11-5-6-12-29/h7-10,14H,3-6,11-13,15-16H2,1-2H3,(H,26,31)(H2,25,27,28). The van der Waals surface area contributed by atoms with Crippen LogP contribution < -0.4 is 15.8 Å². The molecule has 3 N–H and O–H groups in total. The predicted molar refractivity (Wildman–Crippen MR) is 126 cm³/mol. The number of carbonyl (C=O) groups is 1. The Morgan fingerprint density at radius 1 is 1.12 bits per heavy atom. The number of benzene rings is 1. The molecule has 0 spiro atoms. The van der Waals surface area contributed by atoms with Crippen molar-refractivity contribution in [3.05, 3.63) is 47.2 Å². The van der Waals surface area contributed by atoms with Crippen LogP contribution in [0.25, 0.3) is 11.0 Å². The zero-order valence-electron chi connectivity index (χ0n) is 18.9. The van der Waals surface area contributed by atoms with Crippen molar-refractivity contribution in [2.24, 2.45) is 0 Å². The molecule has 1 fully saturated rings. The van der Waals surface area contributed by atoms with Gasteiger partial charge < -0.3 is 20.4 Å². The van der Waals surface area contributed by atoms with Gasteiger partial charge in [0.05, 0.1) is 12.0 Å². The third-order valence-electron chi connectivity index (χ3n) is 5.92. The SMILES string of the molecule is CCCCOc1nc(N)c2cc(C(=O)NC)n(Cc3ccc(CN4CCCC4)cc3)c2n1. The lowest BCUT2D eigenvalue weighted by Gasteiger charge is -2.15. The monoisotopic (exact) mass is 436 g/mol. The van der Waals surface area contributed by atoms with E-state index in [2.05, 4.69) is 51.4 Å². The Morgan fingerprint density at radius 2 is 1.81 bits per heavy atom. The van der Waals surface area contributed by atoms with Crippen molar-refractivity contribution in [3.8, 4) is 6.01 Å². The van der Waals surface area contributed by atoms with Crippen LogP contribution >= 0.6 is 0 Å². The average Bonchev–Trinajstić information content (AvgIpc) is 3.43. The predicted octanol–water partition coefficient (Wildman–Crippen LogP) is 3.20. The lowest BCUT2D eigenvalue weighted by molar-refractivity contribution is 0.0954. The molecule has 3 aromatic rings. The van der Waals surface area contributed by atoms with E-state index in [1.165, 1.54) is 31.5 Å². The number of anilines is 1. The number of likely N-dealkylation sites (tertiary alicyclic amines) is 1. The van der Waals surface area contributed by atoms with Crippen molar-refractivity contribution in [1.82, 2.24) is 24.8 Å². The highest BCUT2D eigenvalue weighted by Gasteiger charge is 2.20. The second-order valence-electron chi connectivity index (χ2n) is 8.33. The molecule has 1 aliphatic heterocycles. The molecule has 1 saturated heterocycles. The molecule has 4 rings (SSSR count). The number of hydrogen-bond donors (Lipinski definition) is 2. The summed E-state index contributed by atoms with van der Waals surface area (Å²) in [6, 6.07) is 10.6. The summed E-state index contributed by atoms with van der Waals surface area (Å²) in [5, 5.41) is 3.36. The van der Waals surface area contributed by atoms with E-state index in [1.54, 1.807) is 13.1 Å². The molecule has 8 heteroatoms. The van der Waals surface area contributed by atoms with Crippen molar-refractivity contribution in [2.75, 3.05) is 32.5 Å². The van der Waals surface area contributed by atoms with Crippen LogP contribution in [-0.2, 0) is 13.1 Å². The number of rotatable bonds is 9. The van der Waals surface area contributed by atoms with Crippen LogP contribution in [0.1, 0.15) is 54.2 Å². The van der Waals surface area contributed by atoms with E-state index in [0.29, 0.717) is 35.7 Å². The number of nitrogen functional groups attached to an aromatic ring is 1. The van der Waals surface area contributed by atoms with Crippen LogP contribution in [0, 0.1) is 0 Å². The minimum absolute atomic E-state index is 0.193. The fourth-order valence-corrected chi connectivity index (χ4v) is 4.11. The van der Waals surface area contributed by atoms with Crippen LogP contribution in [0.3, 0.4) is 0 Å². The zero-order chi connectivity index (χ0) is 22.5. The third kappa shape index (κ3) is 4.85. The lowest BCUT2D eigenvalue weighted by atomic mass is 10.1. The van der Waals surface area contributed by atoms with E-state index < -0.39 is 0 Å². The van der Waals surface area contributed by atoms with Crippen molar-refractivity contribution < 1.29 is 9.53 Å². The Hall–Kier alpha value is -3.13. The topological polar surface area (TPSA) is 98.3 Å². The van der Waals surface area contributed by atoms with Gasteiger partial charge in [0.1, 0.15) is 17.2 Å². The number of hydrogen-bond acceptors (Lipinski definition) is 6. The number of amides is 1. The number of nitrogens with one attached hydrogen (secondary N) is 1. The van der Waals surface area contributed by atoms with Gasteiger partial charge in [-0.05, 0) is 49.5 Å².